The average Bonchev–Trinajstić information content (AvgIpc) is 2.75. The molecule has 1 aromatic heterocycles. The maximum atomic E-state index is 4.82. The van der Waals surface area contributed by atoms with Gasteiger partial charge in [-0.25, -0.2) is 0 Å². The molecule has 1 nitrogen and oxygen atoms in total. The molecule has 4 aromatic rings. The molecule has 4 rings (SSSR count). The van der Waals surface area contributed by atoms with E-state index >= 15 is 0 Å². The summed E-state index contributed by atoms with van der Waals surface area (Å²) < 4.78 is 0. The highest BCUT2D eigenvalue weighted by molar-refractivity contribution is 7.80. The van der Waals surface area contributed by atoms with Crippen LogP contribution in [0.2, 0.25) is 0 Å². The van der Waals surface area contributed by atoms with Crippen LogP contribution in [0.25, 0.3) is 11.3 Å². The third kappa shape index (κ3) is 3.76. The molecule has 0 unspecified atom stereocenters. The Bertz CT molecular complexity index is 1090. The van der Waals surface area contributed by atoms with Gasteiger partial charge in [0.05, 0.1) is 5.69 Å². The minimum absolute atomic E-state index is 0.688. The van der Waals surface area contributed by atoms with Crippen molar-refractivity contribution in [1.82, 2.24) is 4.98 Å². The van der Waals surface area contributed by atoms with Crippen LogP contribution in [0.1, 0.15) is 22.3 Å². The van der Waals surface area contributed by atoms with Gasteiger partial charge in [-0.15, -0.1) is 0 Å². The quantitative estimate of drug-likeness (QED) is 0.402. The average molecular weight is 395 g/mol. The van der Waals surface area contributed by atoms with Gasteiger partial charge < -0.3 is 0 Å². The third-order valence-corrected chi connectivity index (χ3v) is 8.12. The van der Waals surface area contributed by atoms with Gasteiger partial charge in [0, 0.05) is 11.8 Å². The van der Waals surface area contributed by atoms with Gasteiger partial charge in [0.2, 0.25) is 0 Å². The van der Waals surface area contributed by atoms with Gasteiger partial charge in [-0.3, -0.25) is 4.98 Å². The van der Waals surface area contributed by atoms with Gasteiger partial charge in [0.1, 0.15) is 0 Å². The smallest absolute Gasteiger partial charge is 0.0740 e. The van der Waals surface area contributed by atoms with Crippen molar-refractivity contribution in [3.8, 4) is 11.3 Å². The van der Waals surface area contributed by atoms with Gasteiger partial charge >= 0.3 is 0 Å². The van der Waals surface area contributed by atoms with Gasteiger partial charge in [-0.2, -0.15) is 0 Å². The summed E-state index contributed by atoms with van der Waals surface area (Å²) in [5.41, 5.74) is 7.64. The van der Waals surface area contributed by atoms with Crippen LogP contribution < -0.4 is 15.9 Å². The van der Waals surface area contributed by atoms with Crippen molar-refractivity contribution in [3.63, 3.8) is 0 Å². The van der Waals surface area contributed by atoms with Crippen molar-refractivity contribution in [2.75, 3.05) is 0 Å². The highest BCUT2D eigenvalue weighted by Gasteiger charge is 2.24. The Morgan fingerprint density at radius 1 is 0.621 bits per heavy atom. The molecule has 1 heterocycles. The van der Waals surface area contributed by atoms with Crippen LogP contribution in [0.4, 0.5) is 0 Å². The number of rotatable bonds is 4. The fraction of sp³-hybridized carbons (Fsp3) is 0.148. The summed E-state index contributed by atoms with van der Waals surface area (Å²) in [6, 6.07) is 28.4. The molecule has 0 radical (unpaired) electrons. The summed E-state index contributed by atoms with van der Waals surface area (Å²) in [7, 11) is -0.688. The molecule has 0 bridgehead atoms. The largest absolute Gasteiger partial charge is 0.256 e. The Balaban J connectivity index is 2.07. The molecular weight excluding hydrogens is 369 g/mol. The van der Waals surface area contributed by atoms with Crippen molar-refractivity contribution in [3.05, 3.63) is 107 Å². The number of hydrogen-bond donors (Lipinski definition) is 0. The summed E-state index contributed by atoms with van der Waals surface area (Å²) in [6.07, 6.45) is 1.91. The minimum atomic E-state index is -0.688. The van der Waals surface area contributed by atoms with Crippen LogP contribution in [0.15, 0.2) is 85.1 Å². The molecule has 0 atom stereocenters. The molecule has 0 saturated heterocycles. The van der Waals surface area contributed by atoms with E-state index < -0.39 is 7.92 Å². The zero-order valence-electron chi connectivity index (χ0n) is 17.5. The van der Waals surface area contributed by atoms with Crippen molar-refractivity contribution >= 4 is 23.8 Å². The highest BCUT2D eigenvalue weighted by Crippen LogP contribution is 2.40. The Hall–Kier alpha value is -2.76. The Morgan fingerprint density at radius 2 is 1.21 bits per heavy atom. The lowest BCUT2D eigenvalue weighted by atomic mass is 9.95. The first-order valence-corrected chi connectivity index (χ1v) is 11.3. The van der Waals surface area contributed by atoms with E-state index in [0.29, 0.717) is 0 Å². The first kappa shape index (κ1) is 19.6. The molecular formula is C27H26NP. The van der Waals surface area contributed by atoms with Crippen LogP contribution >= 0.6 is 7.92 Å². The van der Waals surface area contributed by atoms with E-state index in [1.54, 1.807) is 0 Å². The molecule has 0 saturated carbocycles. The van der Waals surface area contributed by atoms with Crippen molar-refractivity contribution in [2.45, 2.75) is 27.7 Å². The van der Waals surface area contributed by atoms with Crippen molar-refractivity contribution < 1.29 is 0 Å². The molecule has 0 N–H and O–H groups in total. The normalized spacial score (nSPS) is 11.1. The number of aromatic nitrogens is 1. The van der Waals surface area contributed by atoms with Gasteiger partial charge in [0.15, 0.2) is 0 Å². The second-order valence-corrected chi connectivity index (χ2v) is 9.70. The molecule has 144 valence electrons. The third-order valence-electron chi connectivity index (χ3n) is 5.65. The van der Waals surface area contributed by atoms with Gasteiger partial charge in [-0.1, -0.05) is 66.7 Å². The summed E-state index contributed by atoms with van der Waals surface area (Å²) >= 11 is 0. The topological polar surface area (TPSA) is 12.9 Å². The molecule has 0 aliphatic carbocycles. The molecule has 0 amide bonds. The SMILES string of the molecule is Cc1cccnc1-c1c(P(c2ccccc2)c2ccccc2)cc(C)c(C)c1C. The fourth-order valence-corrected chi connectivity index (χ4v) is 6.48. The first-order chi connectivity index (χ1) is 14.1. The monoisotopic (exact) mass is 395 g/mol. The second-order valence-electron chi connectivity index (χ2n) is 7.51. The molecule has 0 aliphatic heterocycles. The molecule has 3 aromatic carbocycles. The van der Waals surface area contributed by atoms with Gasteiger partial charge in [0.25, 0.3) is 0 Å². The molecule has 2 heteroatoms. The lowest BCUT2D eigenvalue weighted by molar-refractivity contribution is 1.23. The van der Waals surface area contributed by atoms with E-state index in [4.69, 9.17) is 4.98 Å². The van der Waals surface area contributed by atoms with E-state index in [1.807, 2.05) is 12.3 Å². The summed E-state index contributed by atoms with van der Waals surface area (Å²) in [6.45, 7) is 8.86. The molecule has 0 aliphatic rings. The highest BCUT2D eigenvalue weighted by atomic mass is 31.1. The van der Waals surface area contributed by atoms with Crippen LogP contribution in [0.3, 0.4) is 0 Å². The van der Waals surface area contributed by atoms with E-state index in [-0.39, 0.29) is 0 Å². The standard InChI is InChI=1S/C27H26NP/c1-19-12-11-17-28-27(19)26-22(4)21(3)20(2)18-25(26)29(23-13-7-5-8-14-23)24-15-9-6-10-16-24/h5-18H,1-4H3. The first-order valence-electron chi connectivity index (χ1n) is 10.0. The van der Waals surface area contributed by atoms with Crippen molar-refractivity contribution in [2.24, 2.45) is 0 Å². The number of hydrogen-bond acceptors (Lipinski definition) is 1. The van der Waals surface area contributed by atoms with Crippen molar-refractivity contribution in [1.29, 1.82) is 0 Å². The maximum Gasteiger partial charge on any atom is 0.0740 e. The number of nitrogens with zero attached hydrogens (tertiary/aromatic N) is 1. The number of aryl methyl sites for hydroxylation is 2. The summed E-state index contributed by atoms with van der Waals surface area (Å²) in [4.78, 5) is 4.82. The zero-order valence-corrected chi connectivity index (χ0v) is 18.4. The Kier molecular flexibility index (Phi) is 5.60. The number of pyridine rings is 1. The minimum Gasteiger partial charge on any atom is -0.256 e. The predicted molar refractivity (Wildman–Crippen MR) is 127 cm³/mol. The number of benzene rings is 3. The summed E-state index contributed by atoms with van der Waals surface area (Å²) in [5.74, 6) is 0. The van der Waals surface area contributed by atoms with E-state index in [2.05, 4.69) is 100 Å². The molecule has 0 fully saturated rings. The van der Waals surface area contributed by atoms with Crippen LogP contribution in [0.5, 0.6) is 0 Å². The maximum absolute atomic E-state index is 4.82. The summed E-state index contributed by atoms with van der Waals surface area (Å²) in [5, 5.41) is 4.12. The Morgan fingerprint density at radius 3 is 1.76 bits per heavy atom. The van der Waals surface area contributed by atoms with E-state index in [9.17, 15) is 0 Å². The lowest BCUT2D eigenvalue weighted by Gasteiger charge is -2.26. The Labute approximate surface area is 175 Å². The van der Waals surface area contributed by atoms with Crippen LogP contribution in [-0.4, -0.2) is 4.98 Å². The van der Waals surface area contributed by atoms with Crippen LogP contribution in [-0.2, 0) is 0 Å². The van der Waals surface area contributed by atoms with Gasteiger partial charge in [-0.05, 0) is 85.9 Å². The second kappa shape index (κ2) is 8.31. The van der Waals surface area contributed by atoms with E-state index in [0.717, 1.165) is 5.69 Å². The van der Waals surface area contributed by atoms with Crippen LogP contribution in [0, 0.1) is 27.7 Å². The fourth-order valence-electron chi connectivity index (χ4n) is 3.86. The molecule has 0 spiro atoms. The molecule has 29 heavy (non-hydrogen) atoms. The zero-order chi connectivity index (χ0) is 20.4. The van der Waals surface area contributed by atoms with E-state index in [1.165, 1.54) is 43.7 Å². The predicted octanol–water partition coefficient (Wildman–Crippen LogP) is 5.74. The lowest BCUT2D eigenvalue weighted by Crippen LogP contribution is -2.24.